The predicted molar refractivity (Wildman–Crippen MR) is 97.9 cm³/mol. The predicted octanol–water partition coefficient (Wildman–Crippen LogP) is 3.04. The van der Waals surface area contributed by atoms with E-state index in [2.05, 4.69) is 0 Å². The number of rotatable bonds is 6. The summed E-state index contributed by atoms with van der Waals surface area (Å²) in [6, 6.07) is 10.6. The lowest BCUT2D eigenvalue weighted by molar-refractivity contribution is -0.153. The summed E-state index contributed by atoms with van der Waals surface area (Å²) < 4.78 is 16.0. The van der Waals surface area contributed by atoms with E-state index in [1.165, 1.54) is 18.7 Å². The molecule has 0 N–H and O–H groups in total. The minimum absolute atomic E-state index is 0.173. The molecule has 7 heteroatoms. The smallest absolute Gasteiger partial charge is 0.329 e. The zero-order chi connectivity index (χ0) is 18.5. The minimum atomic E-state index is -0.594. The molecule has 3 rings (SSSR count). The van der Waals surface area contributed by atoms with Gasteiger partial charge in [-0.1, -0.05) is 12.1 Å². The number of ether oxygens (including phenoxy) is 2. The third-order valence-corrected chi connectivity index (χ3v) is 5.50. The van der Waals surface area contributed by atoms with E-state index in [9.17, 15) is 9.59 Å². The van der Waals surface area contributed by atoms with Crippen LogP contribution in [0.3, 0.4) is 0 Å². The van der Waals surface area contributed by atoms with Gasteiger partial charge in [-0.3, -0.25) is 4.79 Å². The molecule has 6 nitrogen and oxygen atoms in total. The van der Waals surface area contributed by atoms with Crippen molar-refractivity contribution in [2.24, 2.45) is 0 Å². The molecule has 0 spiro atoms. The Labute approximate surface area is 156 Å². The maximum Gasteiger partial charge on any atom is 0.329 e. The molecule has 0 bridgehead atoms. The highest BCUT2D eigenvalue weighted by Gasteiger charge is 2.43. The van der Waals surface area contributed by atoms with Crippen molar-refractivity contribution in [2.45, 2.75) is 24.8 Å². The molecule has 2 atom stereocenters. The minimum Gasteiger partial charge on any atom is -0.497 e. The molecule has 1 aliphatic rings. The highest BCUT2D eigenvalue weighted by molar-refractivity contribution is 7.99. The van der Waals surface area contributed by atoms with E-state index in [1.54, 1.807) is 24.3 Å². The third kappa shape index (κ3) is 4.04. The van der Waals surface area contributed by atoms with Crippen molar-refractivity contribution in [3.63, 3.8) is 0 Å². The van der Waals surface area contributed by atoms with E-state index in [0.29, 0.717) is 17.9 Å². The molecule has 1 amide bonds. The van der Waals surface area contributed by atoms with Crippen LogP contribution in [0, 0.1) is 0 Å². The molecule has 0 saturated carbocycles. The van der Waals surface area contributed by atoms with E-state index in [4.69, 9.17) is 13.9 Å². The number of furan rings is 1. The summed E-state index contributed by atoms with van der Waals surface area (Å²) in [5.41, 5.74) is 1.05. The highest BCUT2D eigenvalue weighted by Crippen LogP contribution is 2.41. The van der Waals surface area contributed by atoms with Gasteiger partial charge >= 0.3 is 5.97 Å². The van der Waals surface area contributed by atoms with E-state index in [-0.39, 0.29) is 23.9 Å². The molecule has 1 fully saturated rings. The van der Waals surface area contributed by atoms with Gasteiger partial charge in [0.05, 0.1) is 20.0 Å². The van der Waals surface area contributed by atoms with Gasteiger partial charge in [0.25, 0.3) is 0 Å². The molecule has 1 saturated heterocycles. The normalized spacial score (nSPS) is 19.4. The lowest BCUT2D eigenvalue weighted by Gasteiger charge is -2.25. The number of benzene rings is 1. The number of amides is 1. The van der Waals surface area contributed by atoms with Crippen LogP contribution in [0.25, 0.3) is 0 Å². The van der Waals surface area contributed by atoms with Crippen molar-refractivity contribution in [3.8, 4) is 5.75 Å². The van der Waals surface area contributed by atoms with E-state index >= 15 is 0 Å². The summed E-state index contributed by atoms with van der Waals surface area (Å²) in [6.45, 7) is 1.73. The van der Waals surface area contributed by atoms with Crippen LogP contribution in [-0.4, -0.2) is 42.3 Å². The zero-order valence-electron chi connectivity index (χ0n) is 14.7. The third-order valence-electron chi connectivity index (χ3n) is 4.22. The Morgan fingerprint density at radius 1 is 1.27 bits per heavy atom. The first kappa shape index (κ1) is 18.4. The topological polar surface area (TPSA) is 69.0 Å². The van der Waals surface area contributed by atoms with Crippen LogP contribution < -0.4 is 4.74 Å². The number of thioether (sulfide) groups is 1. The van der Waals surface area contributed by atoms with Crippen molar-refractivity contribution in [2.75, 3.05) is 19.5 Å². The molecule has 2 aromatic rings. The zero-order valence-corrected chi connectivity index (χ0v) is 15.5. The Bertz CT molecular complexity index is 744. The van der Waals surface area contributed by atoms with Crippen LogP contribution in [-0.2, 0) is 20.7 Å². The second kappa shape index (κ2) is 8.31. The van der Waals surface area contributed by atoms with E-state index in [1.807, 2.05) is 30.3 Å². The number of methoxy groups -OCH3 is 1. The lowest BCUT2D eigenvalue weighted by atomic mass is 10.1. The second-order valence-electron chi connectivity index (χ2n) is 5.91. The van der Waals surface area contributed by atoms with Gasteiger partial charge in [0, 0.05) is 19.1 Å². The lowest BCUT2D eigenvalue weighted by Crippen LogP contribution is -2.42. The fraction of sp³-hybridized carbons (Fsp3) is 0.368. The number of esters is 1. The van der Waals surface area contributed by atoms with Gasteiger partial charge in [-0.2, -0.15) is 0 Å². The maximum absolute atomic E-state index is 12.5. The molecule has 1 aliphatic heterocycles. The summed E-state index contributed by atoms with van der Waals surface area (Å²) >= 11 is 1.50. The molecular formula is C19H21NO5S. The average Bonchev–Trinajstić information content (AvgIpc) is 3.31. The van der Waals surface area contributed by atoms with Crippen LogP contribution in [0.4, 0.5) is 0 Å². The summed E-state index contributed by atoms with van der Waals surface area (Å²) in [7, 11) is 1.62. The van der Waals surface area contributed by atoms with Crippen molar-refractivity contribution in [3.05, 3.63) is 54.0 Å². The summed E-state index contributed by atoms with van der Waals surface area (Å²) in [4.78, 5) is 26.1. The largest absolute Gasteiger partial charge is 0.497 e. The molecule has 1 aromatic heterocycles. The van der Waals surface area contributed by atoms with Gasteiger partial charge in [-0.25, -0.2) is 4.79 Å². The van der Waals surface area contributed by atoms with Gasteiger partial charge < -0.3 is 18.8 Å². The summed E-state index contributed by atoms with van der Waals surface area (Å²) in [5, 5.41) is -0.290. The molecule has 2 heterocycles. The molecule has 0 unspecified atom stereocenters. The first-order chi connectivity index (χ1) is 12.6. The van der Waals surface area contributed by atoms with Crippen molar-refractivity contribution in [1.82, 2.24) is 4.90 Å². The Hall–Kier alpha value is -2.41. The summed E-state index contributed by atoms with van der Waals surface area (Å²) in [6.07, 6.45) is 2.17. The quantitative estimate of drug-likeness (QED) is 0.723. The highest BCUT2D eigenvalue weighted by atomic mass is 32.2. The van der Waals surface area contributed by atoms with Crippen LogP contribution in [0.15, 0.2) is 47.1 Å². The fourth-order valence-corrected chi connectivity index (χ4v) is 4.30. The van der Waals surface area contributed by atoms with Gasteiger partial charge in [0.2, 0.25) is 5.91 Å². The van der Waals surface area contributed by atoms with Gasteiger partial charge in [-0.15, -0.1) is 11.8 Å². The van der Waals surface area contributed by atoms with E-state index in [0.717, 1.165) is 11.3 Å². The maximum atomic E-state index is 12.5. The molecule has 0 aliphatic carbocycles. The van der Waals surface area contributed by atoms with Crippen molar-refractivity contribution in [1.29, 1.82) is 0 Å². The molecule has 1 aromatic carbocycles. The fourth-order valence-electron chi connectivity index (χ4n) is 2.88. The molecular weight excluding hydrogens is 354 g/mol. The first-order valence-electron chi connectivity index (χ1n) is 8.33. The summed E-state index contributed by atoms with van der Waals surface area (Å²) in [5.74, 6) is 1.39. The van der Waals surface area contributed by atoms with Gasteiger partial charge in [-0.05, 0) is 29.8 Å². The number of hydrogen-bond donors (Lipinski definition) is 0. The number of hydrogen-bond acceptors (Lipinski definition) is 6. The standard InChI is InChI=1S/C19H21NO5S/c1-13(21)20-16(12-26-18(20)17-4-3-10-24-17)19(22)25-11-9-14-5-7-15(23-2)8-6-14/h3-8,10,16,18H,9,11-12H2,1-2H3/t16-,18+/m1/s1. The van der Waals surface area contributed by atoms with Crippen molar-refractivity contribution >= 4 is 23.6 Å². The van der Waals surface area contributed by atoms with Crippen LogP contribution in [0.1, 0.15) is 23.6 Å². The number of carbonyl (C=O) groups excluding carboxylic acids is 2. The molecule has 138 valence electrons. The number of carbonyl (C=O) groups is 2. The van der Waals surface area contributed by atoms with Gasteiger partial charge in [0.15, 0.2) is 0 Å². The first-order valence-corrected chi connectivity index (χ1v) is 9.38. The Morgan fingerprint density at radius 3 is 2.65 bits per heavy atom. The molecule has 0 radical (unpaired) electrons. The van der Waals surface area contributed by atoms with Crippen LogP contribution in [0.5, 0.6) is 5.75 Å². The van der Waals surface area contributed by atoms with E-state index < -0.39 is 6.04 Å². The van der Waals surface area contributed by atoms with Gasteiger partial charge in [0.1, 0.15) is 22.9 Å². The Kier molecular flexibility index (Phi) is 5.88. The Balaban J connectivity index is 1.57. The van der Waals surface area contributed by atoms with Crippen molar-refractivity contribution < 1.29 is 23.5 Å². The van der Waals surface area contributed by atoms with Crippen LogP contribution in [0.2, 0.25) is 0 Å². The SMILES string of the molecule is COc1ccc(CCOC(=O)[C@H]2CS[C@@H](c3ccco3)N2C(C)=O)cc1. The average molecular weight is 375 g/mol. The van der Waals surface area contributed by atoms with Crippen LogP contribution >= 0.6 is 11.8 Å². The monoisotopic (exact) mass is 375 g/mol. The number of nitrogens with zero attached hydrogens (tertiary/aromatic N) is 1. The molecule has 26 heavy (non-hydrogen) atoms. The second-order valence-corrected chi connectivity index (χ2v) is 7.02. The Morgan fingerprint density at radius 2 is 2.04 bits per heavy atom.